The number of hydrogen-bond acceptors (Lipinski definition) is 4. The standard InChI is InChI=1S/C33H29BrN5.U/c34-30-22-36-39-32(20-31(37-33(30)39)29-11-5-2-6-12-29)35-21-28-10-7-19-38(24-28)23-27-17-15-26(16-18-27)14-13-25-8-3-1-4-9-25;/h1-6,8-9,11,15-18,20,22,28,35H,7,10,19,21,23-24H2;/q-1;. The summed E-state index contributed by atoms with van der Waals surface area (Å²) in [6.45, 7) is 4.05. The van der Waals surface area contributed by atoms with Crippen LogP contribution in [0.3, 0.4) is 0 Å². The van der Waals surface area contributed by atoms with Gasteiger partial charge >= 0.3 is 0 Å². The maximum Gasteiger partial charge on any atom is 0.162 e. The number of halogens is 1. The van der Waals surface area contributed by atoms with Gasteiger partial charge in [-0.05, 0) is 82.8 Å². The zero-order valence-electron chi connectivity index (χ0n) is 22.1. The van der Waals surface area contributed by atoms with Crippen molar-refractivity contribution < 1.29 is 31.1 Å². The molecule has 5 nitrogen and oxygen atoms in total. The van der Waals surface area contributed by atoms with Crippen molar-refractivity contribution in [1.29, 1.82) is 0 Å². The van der Waals surface area contributed by atoms with Gasteiger partial charge in [-0.25, -0.2) is 0 Å². The van der Waals surface area contributed by atoms with Gasteiger partial charge in [0.2, 0.25) is 0 Å². The third-order valence-electron chi connectivity index (χ3n) is 7.07. The van der Waals surface area contributed by atoms with E-state index in [1.54, 1.807) is 6.20 Å². The van der Waals surface area contributed by atoms with Crippen LogP contribution in [0.2, 0.25) is 0 Å². The molecule has 5 aromatic rings. The van der Waals surface area contributed by atoms with Crippen molar-refractivity contribution in [2.45, 2.75) is 19.4 Å². The van der Waals surface area contributed by atoms with Crippen LogP contribution in [-0.4, -0.2) is 39.1 Å². The molecule has 0 radical (unpaired) electrons. The Labute approximate surface area is 267 Å². The Kier molecular flexibility index (Phi) is 9.79. The zero-order valence-corrected chi connectivity index (χ0v) is 27.9. The van der Waals surface area contributed by atoms with Crippen LogP contribution < -0.4 is 5.32 Å². The van der Waals surface area contributed by atoms with E-state index in [4.69, 9.17) is 4.98 Å². The van der Waals surface area contributed by atoms with E-state index in [9.17, 15) is 0 Å². The normalized spacial score (nSPS) is 15.2. The van der Waals surface area contributed by atoms with E-state index in [0.29, 0.717) is 5.92 Å². The molecule has 0 amide bonds. The molecule has 2 aromatic heterocycles. The molecule has 3 heterocycles. The second kappa shape index (κ2) is 13.7. The third kappa shape index (κ3) is 7.06. The SMILES string of the molecule is Brc1cnn2c(NCC3CCCN(Cc4ccc(C#Cc5ccccc5)cc4)C3)cc(-c3[c-]cccc3)nc12.[U]. The number of fused-ring (bicyclic) bond motifs is 1. The van der Waals surface area contributed by atoms with Crippen LogP contribution in [0.5, 0.6) is 0 Å². The number of nitrogens with one attached hydrogen (secondary N) is 1. The molecule has 6 rings (SSSR count). The summed E-state index contributed by atoms with van der Waals surface area (Å²) in [6, 6.07) is 32.1. The summed E-state index contributed by atoms with van der Waals surface area (Å²) in [4.78, 5) is 7.39. The maximum absolute atomic E-state index is 4.82. The molecule has 7 heteroatoms. The molecule has 1 unspecified atom stereocenters. The quantitative estimate of drug-likeness (QED) is 0.154. The van der Waals surface area contributed by atoms with Crippen molar-refractivity contribution in [2.75, 3.05) is 25.0 Å². The molecule has 1 aliphatic heterocycles. The summed E-state index contributed by atoms with van der Waals surface area (Å²) in [5.41, 5.74) is 6.07. The van der Waals surface area contributed by atoms with Crippen LogP contribution in [0.1, 0.15) is 29.5 Å². The van der Waals surface area contributed by atoms with E-state index in [1.165, 1.54) is 18.4 Å². The van der Waals surface area contributed by atoms with Crippen LogP contribution in [0, 0.1) is 54.9 Å². The van der Waals surface area contributed by atoms with Gasteiger partial charge in [0, 0.05) is 61.9 Å². The molecule has 0 bridgehead atoms. The topological polar surface area (TPSA) is 45.5 Å². The van der Waals surface area contributed by atoms with Gasteiger partial charge in [0.05, 0.1) is 10.7 Å². The molecule has 0 saturated carbocycles. The van der Waals surface area contributed by atoms with E-state index in [-0.39, 0.29) is 31.1 Å². The largest absolute Gasteiger partial charge is 0.370 e. The predicted octanol–water partition coefficient (Wildman–Crippen LogP) is 6.68. The summed E-state index contributed by atoms with van der Waals surface area (Å²) < 4.78 is 2.75. The van der Waals surface area contributed by atoms with Crippen LogP contribution in [0.4, 0.5) is 5.82 Å². The first-order valence-electron chi connectivity index (χ1n) is 13.3. The predicted molar refractivity (Wildman–Crippen MR) is 160 cm³/mol. The number of nitrogens with zero attached hydrogens (tertiary/aromatic N) is 4. The number of piperidine rings is 1. The molecule has 1 N–H and O–H groups in total. The minimum atomic E-state index is 0. The van der Waals surface area contributed by atoms with Crippen molar-refractivity contribution in [3.8, 4) is 23.1 Å². The Balaban J connectivity index is 0.00000323. The number of hydrogen-bond donors (Lipinski definition) is 1. The fraction of sp³-hybridized carbons (Fsp3) is 0.212. The molecular formula is C33H29BrN5U-. The first-order valence-corrected chi connectivity index (χ1v) is 14.1. The van der Waals surface area contributed by atoms with Crippen LogP contribution in [0.25, 0.3) is 16.9 Å². The second-order valence-electron chi connectivity index (χ2n) is 9.97. The molecule has 1 aliphatic rings. The van der Waals surface area contributed by atoms with Crippen molar-refractivity contribution >= 4 is 27.4 Å². The third-order valence-corrected chi connectivity index (χ3v) is 7.63. The average molecular weight is 814 g/mol. The van der Waals surface area contributed by atoms with E-state index < -0.39 is 0 Å². The van der Waals surface area contributed by atoms with Crippen molar-refractivity contribution in [3.63, 3.8) is 0 Å². The number of aromatic nitrogens is 3. The molecule has 1 saturated heterocycles. The fourth-order valence-corrected chi connectivity index (χ4v) is 5.43. The average Bonchev–Trinajstić information content (AvgIpc) is 3.37. The summed E-state index contributed by atoms with van der Waals surface area (Å²) in [5, 5.41) is 8.22. The van der Waals surface area contributed by atoms with E-state index in [2.05, 4.69) is 79.5 Å². The smallest absolute Gasteiger partial charge is 0.162 e. The summed E-state index contributed by atoms with van der Waals surface area (Å²) in [6.07, 6.45) is 4.22. The van der Waals surface area contributed by atoms with Crippen LogP contribution in [-0.2, 0) is 6.54 Å². The van der Waals surface area contributed by atoms with Gasteiger partial charge in [0.25, 0.3) is 0 Å². The molecule has 198 valence electrons. The maximum atomic E-state index is 4.82. The number of rotatable bonds is 6. The number of benzene rings is 3. The van der Waals surface area contributed by atoms with Crippen molar-refractivity contribution in [3.05, 3.63) is 118 Å². The number of anilines is 1. The Morgan fingerprint density at radius 3 is 2.52 bits per heavy atom. The Bertz CT molecular complexity index is 1610. The first-order chi connectivity index (χ1) is 19.2. The van der Waals surface area contributed by atoms with E-state index in [1.807, 2.05) is 59.1 Å². The van der Waals surface area contributed by atoms with Crippen molar-refractivity contribution in [1.82, 2.24) is 19.5 Å². The minimum absolute atomic E-state index is 0. The molecule has 3 aromatic carbocycles. The summed E-state index contributed by atoms with van der Waals surface area (Å²) >= 11 is 3.60. The Morgan fingerprint density at radius 2 is 1.75 bits per heavy atom. The van der Waals surface area contributed by atoms with Crippen LogP contribution >= 0.6 is 15.9 Å². The van der Waals surface area contributed by atoms with Crippen molar-refractivity contribution in [2.24, 2.45) is 5.92 Å². The van der Waals surface area contributed by atoms with Gasteiger partial charge in [-0.15, -0.1) is 35.9 Å². The van der Waals surface area contributed by atoms with E-state index in [0.717, 1.165) is 64.5 Å². The van der Waals surface area contributed by atoms with Gasteiger partial charge < -0.3 is 5.32 Å². The second-order valence-corrected chi connectivity index (χ2v) is 10.8. The monoisotopic (exact) mass is 812 g/mol. The van der Waals surface area contributed by atoms with Gasteiger partial charge in [0.15, 0.2) is 5.65 Å². The van der Waals surface area contributed by atoms with Gasteiger partial charge in [-0.2, -0.15) is 9.61 Å². The number of likely N-dealkylation sites (tertiary alicyclic amines) is 1. The molecule has 1 atom stereocenters. The first kappa shape index (κ1) is 28.7. The molecule has 40 heavy (non-hydrogen) atoms. The minimum Gasteiger partial charge on any atom is -0.370 e. The van der Waals surface area contributed by atoms with Crippen LogP contribution in [0.15, 0.2) is 95.6 Å². The van der Waals surface area contributed by atoms with Gasteiger partial charge in [-0.3, -0.25) is 9.88 Å². The van der Waals surface area contributed by atoms with Gasteiger partial charge in [-0.1, -0.05) is 42.2 Å². The Morgan fingerprint density at radius 1 is 0.975 bits per heavy atom. The Hall–Kier alpha value is -2.87. The zero-order chi connectivity index (χ0) is 26.4. The molecular weight excluding hydrogens is 784 g/mol. The van der Waals surface area contributed by atoms with E-state index >= 15 is 0 Å². The summed E-state index contributed by atoms with van der Waals surface area (Å²) in [5.74, 6) is 8.02. The molecule has 0 spiro atoms. The molecule has 1 fully saturated rings. The van der Waals surface area contributed by atoms with Gasteiger partial charge in [0.1, 0.15) is 5.82 Å². The summed E-state index contributed by atoms with van der Waals surface area (Å²) in [7, 11) is 0. The molecule has 0 aliphatic carbocycles. The fourth-order valence-electron chi connectivity index (χ4n) is 5.08.